The van der Waals surface area contributed by atoms with Crippen molar-refractivity contribution in [1.82, 2.24) is 5.32 Å². The average Bonchev–Trinajstić information content (AvgIpc) is 2.61. The third kappa shape index (κ3) is 3.06. The smallest absolute Gasteiger partial charge is 0.252 e. The first kappa shape index (κ1) is 16.7. The minimum absolute atomic E-state index is 0. The van der Waals surface area contributed by atoms with Gasteiger partial charge in [-0.15, -0.1) is 12.4 Å². The fourth-order valence-electron chi connectivity index (χ4n) is 3.45. The summed E-state index contributed by atoms with van der Waals surface area (Å²) in [4.78, 5) is 12.8. The average molecular weight is 345 g/mol. The summed E-state index contributed by atoms with van der Waals surface area (Å²) >= 11 is 0. The molecular weight excluding hydrogens is 324 g/mol. The fraction of sp³-hybridized carbons (Fsp3) is 0.316. The van der Waals surface area contributed by atoms with Crippen LogP contribution < -0.4 is 15.4 Å². The van der Waals surface area contributed by atoms with E-state index in [1.54, 1.807) is 0 Å². The molecule has 2 N–H and O–H groups in total. The molecule has 1 amide bonds. The van der Waals surface area contributed by atoms with Gasteiger partial charge in [-0.3, -0.25) is 4.79 Å². The number of hydrogen-bond acceptors (Lipinski definition) is 3. The van der Waals surface area contributed by atoms with Crippen molar-refractivity contribution in [3.8, 4) is 5.75 Å². The van der Waals surface area contributed by atoms with Crippen LogP contribution in [0.5, 0.6) is 5.75 Å². The highest BCUT2D eigenvalue weighted by Crippen LogP contribution is 2.32. The summed E-state index contributed by atoms with van der Waals surface area (Å²) in [6, 6.07) is 13.9. The van der Waals surface area contributed by atoms with E-state index in [-0.39, 0.29) is 24.4 Å². The summed E-state index contributed by atoms with van der Waals surface area (Å²) in [5.41, 5.74) is 4.08. The highest BCUT2D eigenvalue weighted by molar-refractivity contribution is 5.97. The van der Waals surface area contributed by atoms with Crippen LogP contribution in [0.1, 0.15) is 40.4 Å². The van der Waals surface area contributed by atoms with Crippen LogP contribution in [0.3, 0.4) is 0 Å². The number of ether oxygens (including phenoxy) is 1. The molecule has 1 atom stereocenters. The van der Waals surface area contributed by atoms with Crippen LogP contribution in [-0.4, -0.2) is 19.1 Å². The normalized spacial score (nSPS) is 18.1. The lowest BCUT2D eigenvalue weighted by Gasteiger charge is -2.27. The Labute approximate surface area is 148 Å². The maximum absolute atomic E-state index is 12.8. The number of benzene rings is 2. The summed E-state index contributed by atoms with van der Waals surface area (Å²) in [6.45, 7) is 1.61. The summed E-state index contributed by atoms with van der Waals surface area (Å²) < 4.78 is 5.67. The molecule has 0 spiro atoms. The molecule has 4 rings (SSSR count). The first-order valence-corrected chi connectivity index (χ1v) is 8.21. The summed E-state index contributed by atoms with van der Waals surface area (Å²) in [6.07, 6.45) is 2.82. The van der Waals surface area contributed by atoms with Crippen LogP contribution in [0.25, 0.3) is 0 Å². The monoisotopic (exact) mass is 344 g/mol. The zero-order valence-electron chi connectivity index (χ0n) is 13.4. The molecule has 0 aromatic heterocycles. The number of carbonyl (C=O) groups excluding carboxylic acids is 1. The fourth-order valence-corrected chi connectivity index (χ4v) is 3.45. The Hall–Kier alpha value is -2.20. The van der Waals surface area contributed by atoms with Crippen molar-refractivity contribution in [1.29, 1.82) is 0 Å². The Balaban J connectivity index is 0.00000169. The molecule has 2 aromatic carbocycles. The number of amides is 1. The SMILES string of the molecule is Cl.O=C(NC1CCOc2ccccc21)c1cccc2c1CCCN2. The quantitative estimate of drug-likeness (QED) is 0.873. The minimum Gasteiger partial charge on any atom is -0.493 e. The van der Waals surface area contributed by atoms with Crippen LogP contribution in [0.2, 0.25) is 0 Å². The molecule has 1 unspecified atom stereocenters. The Bertz CT molecular complexity index is 748. The van der Waals surface area contributed by atoms with E-state index >= 15 is 0 Å². The number of rotatable bonds is 2. The molecule has 24 heavy (non-hydrogen) atoms. The molecule has 4 nitrogen and oxygen atoms in total. The molecule has 2 aliphatic heterocycles. The number of nitrogens with one attached hydrogen (secondary N) is 2. The molecule has 126 valence electrons. The largest absolute Gasteiger partial charge is 0.493 e. The van der Waals surface area contributed by atoms with Gasteiger partial charge >= 0.3 is 0 Å². The lowest BCUT2D eigenvalue weighted by Crippen LogP contribution is -2.33. The molecule has 0 bridgehead atoms. The first-order chi connectivity index (χ1) is 11.3. The number of fused-ring (bicyclic) bond motifs is 2. The number of hydrogen-bond donors (Lipinski definition) is 2. The van der Waals surface area contributed by atoms with Crippen LogP contribution in [-0.2, 0) is 6.42 Å². The van der Waals surface area contributed by atoms with Crippen molar-refractivity contribution in [2.75, 3.05) is 18.5 Å². The van der Waals surface area contributed by atoms with Gasteiger partial charge in [-0.2, -0.15) is 0 Å². The molecule has 0 aliphatic carbocycles. The molecule has 0 fully saturated rings. The molecule has 0 saturated carbocycles. The topological polar surface area (TPSA) is 50.4 Å². The summed E-state index contributed by atoms with van der Waals surface area (Å²) in [5.74, 6) is 0.882. The van der Waals surface area contributed by atoms with Crippen LogP contribution >= 0.6 is 12.4 Å². The predicted octanol–water partition coefficient (Wildman–Crippen LogP) is 3.72. The molecule has 2 aromatic rings. The molecular formula is C19H21ClN2O2. The van der Waals surface area contributed by atoms with E-state index in [0.717, 1.165) is 53.9 Å². The number of anilines is 1. The van der Waals surface area contributed by atoms with E-state index in [1.165, 1.54) is 0 Å². The second kappa shape index (κ2) is 7.14. The van der Waals surface area contributed by atoms with E-state index in [1.807, 2.05) is 36.4 Å². The van der Waals surface area contributed by atoms with Gasteiger partial charge in [0, 0.05) is 29.8 Å². The van der Waals surface area contributed by atoms with Crippen LogP contribution in [0.15, 0.2) is 42.5 Å². The van der Waals surface area contributed by atoms with Gasteiger partial charge in [0.2, 0.25) is 0 Å². The number of para-hydroxylation sites is 1. The van der Waals surface area contributed by atoms with Gasteiger partial charge < -0.3 is 15.4 Å². The molecule has 0 radical (unpaired) electrons. The Morgan fingerprint density at radius 2 is 2.04 bits per heavy atom. The van der Waals surface area contributed by atoms with Crippen LogP contribution in [0.4, 0.5) is 5.69 Å². The lowest BCUT2D eigenvalue weighted by atomic mass is 9.96. The third-order valence-electron chi connectivity index (χ3n) is 4.60. The maximum Gasteiger partial charge on any atom is 0.252 e. The van der Waals surface area contributed by atoms with Crippen molar-refractivity contribution < 1.29 is 9.53 Å². The number of halogens is 1. The number of carbonyl (C=O) groups is 1. The van der Waals surface area contributed by atoms with E-state index in [9.17, 15) is 4.79 Å². The second-order valence-electron chi connectivity index (χ2n) is 6.06. The summed E-state index contributed by atoms with van der Waals surface area (Å²) in [5, 5.41) is 6.57. The Morgan fingerprint density at radius 1 is 1.17 bits per heavy atom. The highest BCUT2D eigenvalue weighted by atomic mass is 35.5. The van der Waals surface area contributed by atoms with E-state index in [2.05, 4.69) is 16.7 Å². The Kier molecular flexibility index (Phi) is 4.95. The maximum atomic E-state index is 12.8. The van der Waals surface area contributed by atoms with Crippen molar-refractivity contribution in [2.24, 2.45) is 0 Å². The van der Waals surface area contributed by atoms with Crippen molar-refractivity contribution in [3.05, 3.63) is 59.2 Å². The highest BCUT2D eigenvalue weighted by Gasteiger charge is 2.24. The van der Waals surface area contributed by atoms with Gasteiger partial charge in [0.1, 0.15) is 5.75 Å². The molecule has 2 heterocycles. The van der Waals surface area contributed by atoms with Gasteiger partial charge in [-0.05, 0) is 36.6 Å². The van der Waals surface area contributed by atoms with Crippen molar-refractivity contribution >= 4 is 24.0 Å². The third-order valence-corrected chi connectivity index (χ3v) is 4.60. The van der Waals surface area contributed by atoms with Crippen molar-refractivity contribution in [2.45, 2.75) is 25.3 Å². The predicted molar refractivity (Wildman–Crippen MR) is 97.3 cm³/mol. The molecule has 0 saturated heterocycles. The van der Waals surface area contributed by atoms with Gasteiger partial charge in [0.15, 0.2) is 0 Å². The van der Waals surface area contributed by atoms with E-state index in [4.69, 9.17) is 4.74 Å². The van der Waals surface area contributed by atoms with E-state index in [0.29, 0.717) is 6.61 Å². The second-order valence-corrected chi connectivity index (χ2v) is 6.06. The van der Waals surface area contributed by atoms with Gasteiger partial charge in [-0.25, -0.2) is 0 Å². The Morgan fingerprint density at radius 3 is 2.96 bits per heavy atom. The van der Waals surface area contributed by atoms with Gasteiger partial charge in [0.05, 0.1) is 12.6 Å². The first-order valence-electron chi connectivity index (χ1n) is 8.21. The van der Waals surface area contributed by atoms with Gasteiger partial charge in [-0.1, -0.05) is 24.3 Å². The minimum atomic E-state index is 0. The molecule has 2 aliphatic rings. The van der Waals surface area contributed by atoms with Crippen LogP contribution in [0, 0.1) is 0 Å². The summed E-state index contributed by atoms with van der Waals surface area (Å²) in [7, 11) is 0. The van der Waals surface area contributed by atoms with Gasteiger partial charge in [0.25, 0.3) is 5.91 Å². The van der Waals surface area contributed by atoms with Crippen molar-refractivity contribution in [3.63, 3.8) is 0 Å². The molecule has 5 heteroatoms. The standard InChI is InChI=1S/C19H20N2O2.ClH/c22-19(14-6-3-8-16-13(14)7-4-11-20-16)21-17-10-12-23-18-9-2-1-5-15(17)18;/h1-3,5-6,8-9,17,20H,4,7,10-12H2,(H,21,22);1H. The lowest BCUT2D eigenvalue weighted by molar-refractivity contribution is 0.0924. The zero-order valence-corrected chi connectivity index (χ0v) is 14.2. The zero-order chi connectivity index (χ0) is 15.6. The van der Waals surface area contributed by atoms with E-state index < -0.39 is 0 Å².